The van der Waals surface area contributed by atoms with E-state index in [1.807, 2.05) is 0 Å². The van der Waals surface area contributed by atoms with Crippen LogP contribution in [0.4, 0.5) is 13.2 Å². The fraction of sp³-hybridized carbons (Fsp3) is 0.917. The first-order valence-electron chi connectivity index (χ1n) is 6.16. The van der Waals surface area contributed by atoms with Crippen molar-refractivity contribution in [2.45, 2.75) is 44.4 Å². The third-order valence-electron chi connectivity index (χ3n) is 3.56. The number of hydrogen-bond donors (Lipinski definition) is 2. The summed E-state index contributed by atoms with van der Waals surface area (Å²) in [6.45, 7) is 1.76. The van der Waals surface area contributed by atoms with Gasteiger partial charge >= 0.3 is 6.18 Å². The Morgan fingerprint density at radius 1 is 1.44 bits per heavy atom. The van der Waals surface area contributed by atoms with E-state index in [2.05, 4.69) is 12.2 Å². The van der Waals surface area contributed by atoms with Crippen molar-refractivity contribution in [2.75, 3.05) is 13.1 Å². The van der Waals surface area contributed by atoms with Crippen LogP contribution in [-0.4, -0.2) is 30.0 Å². The van der Waals surface area contributed by atoms with Crippen LogP contribution in [0, 0.1) is 23.2 Å². The monoisotopic (exact) mass is 264 g/mol. The van der Waals surface area contributed by atoms with Crippen molar-refractivity contribution in [1.82, 2.24) is 5.32 Å². The van der Waals surface area contributed by atoms with E-state index >= 15 is 0 Å². The number of halogens is 3. The van der Waals surface area contributed by atoms with Crippen LogP contribution in [0.2, 0.25) is 0 Å². The minimum absolute atomic E-state index is 0.119. The molecule has 1 atom stereocenters. The smallest absolute Gasteiger partial charge is 0.389 e. The van der Waals surface area contributed by atoms with E-state index < -0.39 is 24.2 Å². The van der Waals surface area contributed by atoms with Crippen molar-refractivity contribution >= 4 is 0 Å². The highest BCUT2D eigenvalue weighted by Gasteiger charge is 2.40. The maximum atomic E-state index is 12.3. The first kappa shape index (κ1) is 15.3. The number of alkyl halides is 3. The van der Waals surface area contributed by atoms with E-state index in [0.717, 1.165) is 12.8 Å². The normalized spacial score (nSPS) is 30.8. The lowest BCUT2D eigenvalue weighted by Crippen LogP contribution is -2.45. The van der Waals surface area contributed by atoms with E-state index in [0.29, 0.717) is 18.8 Å². The molecule has 0 spiro atoms. The van der Waals surface area contributed by atoms with Gasteiger partial charge < -0.3 is 10.4 Å². The fourth-order valence-electron chi connectivity index (χ4n) is 2.16. The zero-order valence-corrected chi connectivity index (χ0v) is 10.4. The Morgan fingerprint density at radius 3 is 2.44 bits per heavy atom. The predicted molar refractivity (Wildman–Crippen MR) is 60.6 cm³/mol. The van der Waals surface area contributed by atoms with E-state index in [9.17, 15) is 18.3 Å². The maximum absolute atomic E-state index is 12.3. The summed E-state index contributed by atoms with van der Waals surface area (Å²) in [4.78, 5) is 0. The van der Waals surface area contributed by atoms with E-state index in [1.165, 1.54) is 6.07 Å². The molecule has 1 saturated carbocycles. The summed E-state index contributed by atoms with van der Waals surface area (Å²) in [5.74, 6) is -1.45. The molecule has 104 valence electrons. The number of hydrogen-bond acceptors (Lipinski definition) is 3. The molecule has 0 amide bonds. The Kier molecular flexibility index (Phi) is 5.00. The van der Waals surface area contributed by atoms with Crippen molar-refractivity contribution in [2.24, 2.45) is 11.8 Å². The van der Waals surface area contributed by atoms with Crippen molar-refractivity contribution < 1.29 is 18.3 Å². The molecule has 0 aromatic heterocycles. The Morgan fingerprint density at radius 2 is 2.00 bits per heavy atom. The summed E-state index contributed by atoms with van der Waals surface area (Å²) >= 11 is 0. The van der Waals surface area contributed by atoms with Crippen molar-refractivity contribution in [3.63, 3.8) is 0 Å². The van der Waals surface area contributed by atoms with Crippen LogP contribution in [0.15, 0.2) is 0 Å². The van der Waals surface area contributed by atoms with Gasteiger partial charge in [-0.1, -0.05) is 6.92 Å². The van der Waals surface area contributed by atoms with Crippen LogP contribution >= 0.6 is 0 Å². The van der Waals surface area contributed by atoms with Crippen molar-refractivity contribution in [1.29, 1.82) is 5.26 Å². The quantitative estimate of drug-likeness (QED) is 0.818. The third-order valence-corrected chi connectivity index (χ3v) is 3.56. The standard InChI is InChI=1S/C12H19F3N2O/c1-9-2-4-11(18,5-3-9)8-17-7-10(6-16)12(13,14)15/h9-10,17-18H,2-5,7-8H2,1H3. The molecule has 1 unspecified atom stereocenters. The molecular formula is C12H19F3N2O. The number of aliphatic hydroxyl groups is 1. The van der Waals surface area contributed by atoms with E-state index in [1.54, 1.807) is 0 Å². The molecule has 1 fully saturated rings. The Balaban J connectivity index is 2.35. The minimum atomic E-state index is -4.51. The molecule has 0 heterocycles. The second-order valence-electron chi connectivity index (χ2n) is 5.26. The topological polar surface area (TPSA) is 56.0 Å². The Hall–Kier alpha value is -0.800. The van der Waals surface area contributed by atoms with Crippen LogP contribution in [-0.2, 0) is 0 Å². The molecule has 0 aromatic rings. The van der Waals surface area contributed by atoms with Gasteiger partial charge in [-0.3, -0.25) is 0 Å². The van der Waals surface area contributed by atoms with Crippen molar-refractivity contribution in [3.8, 4) is 6.07 Å². The van der Waals surface area contributed by atoms with Gasteiger partial charge in [0.2, 0.25) is 0 Å². The lowest BCUT2D eigenvalue weighted by atomic mass is 9.79. The minimum Gasteiger partial charge on any atom is -0.389 e. The number of nitrogens with one attached hydrogen (secondary N) is 1. The largest absolute Gasteiger partial charge is 0.405 e. The zero-order valence-electron chi connectivity index (χ0n) is 10.4. The first-order chi connectivity index (χ1) is 8.27. The highest BCUT2D eigenvalue weighted by molar-refractivity contribution is 4.92. The fourth-order valence-corrected chi connectivity index (χ4v) is 2.16. The van der Waals surface area contributed by atoms with Gasteiger partial charge in [0.1, 0.15) is 0 Å². The van der Waals surface area contributed by atoms with Crippen LogP contribution < -0.4 is 5.32 Å². The van der Waals surface area contributed by atoms with Crippen LogP contribution in [0.25, 0.3) is 0 Å². The van der Waals surface area contributed by atoms with Crippen LogP contribution in [0.1, 0.15) is 32.6 Å². The van der Waals surface area contributed by atoms with Crippen LogP contribution in [0.5, 0.6) is 0 Å². The number of nitrogens with zero attached hydrogens (tertiary/aromatic N) is 1. The van der Waals surface area contributed by atoms with Crippen LogP contribution in [0.3, 0.4) is 0 Å². The Bertz CT molecular complexity index is 303. The second-order valence-corrected chi connectivity index (χ2v) is 5.26. The van der Waals surface area contributed by atoms with E-state index in [-0.39, 0.29) is 6.54 Å². The Labute approximate surface area is 105 Å². The van der Waals surface area contributed by atoms with Gasteiger partial charge in [-0.15, -0.1) is 0 Å². The highest BCUT2D eigenvalue weighted by atomic mass is 19.4. The van der Waals surface area contributed by atoms with Gasteiger partial charge in [0, 0.05) is 13.1 Å². The summed E-state index contributed by atoms with van der Waals surface area (Å²) in [6.07, 6.45) is -1.53. The van der Waals surface area contributed by atoms with Crippen molar-refractivity contribution in [3.05, 3.63) is 0 Å². The summed E-state index contributed by atoms with van der Waals surface area (Å²) in [7, 11) is 0. The lowest BCUT2D eigenvalue weighted by Gasteiger charge is -2.35. The number of nitriles is 1. The predicted octanol–water partition coefficient (Wildman–Crippen LogP) is 2.22. The summed E-state index contributed by atoms with van der Waals surface area (Å²) < 4.78 is 36.9. The molecule has 18 heavy (non-hydrogen) atoms. The molecule has 0 aliphatic heterocycles. The third kappa shape index (κ3) is 4.46. The number of rotatable bonds is 4. The molecule has 0 radical (unpaired) electrons. The average molecular weight is 264 g/mol. The van der Waals surface area contributed by atoms with Gasteiger partial charge in [0.05, 0.1) is 11.7 Å². The highest BCUT2D eigenvalue weighted by Crippen LogP contribution is 2.31. The van der Waals surface area contributed by atoms with Gasteiger partial charge in [0.25, 0.3) is 0 Å². The van der Waals surface area contributed by atoms with Gasteiger partial charge in [0.15, 0.2) is 5.92 Å². The molecule has 2 N–H and O–H groups in total. The van der Waals surface area contributed by atoms with E-state index in [4.69, 9.17) is 5.26 Å². The lowest BCUT2D eigenvalue weighted by molar-refractivity contribution is -0.158. The van der Waals surface area contributed by atoms with Gasteiger partial charge in [-0.25, -0.2) is 0 Å². The molecule has 1 aliphatic rings. The molecule has 1 aliphatic carbocycles. The van der Waals surface area contributed by atoms with Gasteiger partial charge in [-0.2, -0.15) is 18.4 Å². The van der Waals surface area contributed by atoms with Gasteiger partial charge in [-0.05, 0) is 31.6 Å². The second kappa shape index (κ2) is 5.89. The first-order valence-corrected chi connectivity index (χ1v) is 6.16. The molecule has 0 bridgehead atoms. The molecule has 6 heteroatoms. The molecule has 0 aromatic carbocycles. The zero-order chi connectivity index (χ0) is 13.8. The molecular weight excluding hydrogens is 245 g/mol. The summed E-state index contributed by atoms with van der Waals surface area (Å²) in [5, 5.41) is 21.2. The SMILES string of the molecule is CC1CCC(O)(CNCC(C#N)C(F)(F)F)CC1. The molecule has 1 rings (SSSR count). The summed E-state index contributed by atoms with van der Waals surface area (Å²) in [5.41, 5.74) is -0.919. The average Bonchev–Trinajstić information content (AvgIpc) is 2.27. The molecule has 3 nitrogen and oxygen atoms in total. The molecule has 0 saturated heterocycles. The summed E-state index contributed by atoms with van der Waals surface area (Å²) in [6, 6.07) is 1.23. The maximum Gasteiger partial charge on any atom is 0.405 e.